The fraction of sp³-hybridized carbons (Fsp3) is 0.357. The van der Waals surface area contributed by atoms with Crippen molar-refractivity contribution in [2.45, 2.75) is 19.8 Å². The van der Waals surface area contributed by atoms with E-state index in [1.807, 2.05) is 6.08 Å². The third-order valence-corrected chi connectivity index (χ3v) is 2.66. The van der Waals surface area contributed by atoms with Gasteiger partial charge in [0.15, 0.2) is 0 Å². The molecule has 0 radical (unpaired) electrons. The summed E-state index contributed by atoms with van der Waals surface area (Å²) in [5.74, 6) is 0.913. The Labute approximate surface area is 106 Å². The predicted molar refractivity (Wildman–Crippen MR) is 67.3 cm³/mol. The van der Waals surface area contributed by atoms with Gasteiger partial charge in [-0.1, -0.05) is 13.3 Å². The Kier molecular flexibility index (Phi) is 3.99. The van der Waals surface area contributed by atoms with E-state index in [0.717, 1.165) is 18.4 Å². The fourth-order valence-electron chi connectivity index (χ4n) is 1.80. The van der Waals surface area contributed by atoms with E-state index < -0.39 is 0 Å². The van der Waals surface area contributed by atoms with E-state index >= 15 is 0 Å². The van der Waals surface area contributed by atoms with Crippen molar-refractivity contribution in [1.29, 1.82) is 0 Å². The molecule has 1 N–H and O–H groups in total. The average molecular weight is 248 g/mol. The number of esters is 1. The first-order valence-corrected chi connectivity index (χ1v) is 6.06. The smallest absolute Gasteiger partial charge is 0.344 e. The van der Waals surface area contributed by atoms with Crippen molar-refractivity contribution in [3.05, 3.63) is 35.4 Å². The standard InChI is InChI=1S/C14H16O4/c1-2-3-4-13-12-9-10(17-8-7-15)5-6-11(12)14(16)18-13/h4-6,9,15H,2-3,7-8H2,1H3/b13-4-. The number of aliphatic hydroxyl groups excluding tert-OH is 1. The minimum atomic E-state index is -0.318. The van der Waals surface area contributed by atoms with E-state index in [0.29, 0.717) is 17.1 Å². The third-order valence-electron chi connectivity index (χ3n) is 2.66. The quantitative estimate of drug-likeness (QED) is 0.813. The monoisotopic (exact) mass is 248 g/mol. The summed E-state index contributed by atoms with van der Waals surface area (Å²) in [6, 6.07) is 5.17. The highest BCUT2D eigenvalue weighted by Crippen LogP contribution is 2.32. The molecule has 0 aromatic heterocycles. The highest BCUT2D eigenvalue weighted by Gasteiger charge is 2.26. The largest absolute Gasteiger partial charge is 0.491 e. The van der Waals surface area contributed by atoms with Crippen molar-refractivity contribution in [3.8, 4) is 5.75 Å². The lowest BCUT2D eigenvalue weighted by Gasteiger charge is -2.05. The van der Waals surface area contributed by atoms with Crippen LogP contribution in [0.5, 0.6) is 5.75 Å². The van der Waals surface area contributed by atoms with Gasteiger partial charge in [-0.25, -0.2) is 4.79 Å². The van der Waals surface area contributed by atoms with Gasteiger partial charge in [-0.05, 0) is 30.7 Å². The van der Waals surface area contributed by atoms with Crippen LogP contribution in [-0.2, 0) is 4.74 Å². The second kappa shape index (κ2) is 5.69. The van der Waals surface area contributed by atoms with Crippen LogP contribution in [0, 0.1) is 0 Å². The molecule has 0 aliphatic carbocycles. The Morgan fingerprint density at radius 1 is 1.39 bits per heavy atom. The second-order valence-electron chi connectivity index (χ2n) is 4.03. The van der Waals surface area contributed by atoms with Gasteiger partial charge in [-0.2, -0.15) is 0 Å². The van der Waals surface area contributed by atoms with Crippen LogP contribution in [0.2, 0.25) is 0 Å². The van der Waals surface area contributed by atoms with Crippen LogP contribution in [0.25, 0.3) is 5.76 Å². The van der Waals surface area contributed by atoms with Crippen molar-refractivity contribution < 1.29 is 19.4 Å². The van der Waals surface area contributed by atoms with E-state index in [4.69, 9.17) is 14.6 Å². The molecule has 18 heavy (non-hydrogen) atoms. The van der Waals surface area contributed by atoms with Gasteiger partial charge in [0, 0.05) is 5.56 Å². The molecule has 1 aliphatic rings. The number of hydrogen-bond donors (Lipinski definition) is 1. The molecular formula is C14H16O4. The van der Waals surface area contributed by atoms with Gasteiger partial charge in [0.2, 0.25) is 0 Å². The molecule has 0 unspecified atom stereocenters. The summed E-state index contributed by atoms with van der Waals surface area (Å²) < 4.78 is 10.5. The molecule has 0 atom stereocenters. The van der Waals surface area contributed by atoms with Crippen LogP contribution in [0.3, 0.4) is 0 Å². The van der Waals surface area contributed by atoms with Crippen LogP contribution >= 0.6 is 0 Å². The molecule has 0 saturated heterocycles. The maximum Gasteiger partial charge on any atom is 0.344 e. The van der Waals surface area contributed by atoms with Crippen LogP contribution in [-0.4, -0.2) is 24.3 Å². The number of unbranched alkanes of at least 4 members (excludes halogenated alkanes) is 1. The van der Waals surface area contributed by atoms with E-state index in [1.165, 1.54) is 0 Å². The molecule has 0 fully saturated rings. The third kappa shape index (κ3) is 2.54. The Bertz CT molecular complexity index is 477. The van der Waals surface area contributed by atoms with Gasteiger partial charge in [0.1, 0.15) is 18.1 Å². The maximum absolute atomic E-state index is 11.6. The molecule has 1 aliphatic heterocycles. The van der Waals surface area contributed by atoms with Gasteiger partial charge < -0.3 is 14.6 Å². The first kappa shape index (κ1) is 12.6. The molecule has 96 valence electrons. The summed E-state index contributed by atoms with van der Waals surface area (Å²) in [5, 5.41) is 8.72. The van der Waals surface area contributed by atoms with Crippen LogP contribution in [0.1, 0.15) is 35.7 Å². The SMILES string of the molecule is CCC/C=C1\OC(=O)c2ccc(OCCO)cc21. The molecule has 0 spiro atoms. The van der Waals surface area contributed by atoms with E-state index in [1.54, 1.807) is 18.2 Å². The summed E-state index contributed by atoms with van der Waals surface area (Å²) in [4.78, 5) is 11.6. The summed E-state index contributed by atoms with van der Waals surface area (Å²) in [5.41, 5.74) is 1.33. The summed E-state index contributed by atoms with van der Waals surface area (Å²) in [6.07, 6.45) is 3.78. The summed E-state index contributed by atoms with van der Waals surface area (Å²) in [7, 11) is 0. The van der Waals surface area contributed by atoms with E-state index in [-0.39, 0.29) is 19.2 Å². The highest BCUT2D eigenvalue weighted by atomic mass is 16.5. The zero-order valence-corrected chi connectivity index (χ0v) is 10.3. The number of cyclic esters (lactones) is 1. The minimum Gasteiger partial charge on any atom is -0.491 e. The summed E-state index contributed by atoms with van der Waals surface area (Å²) >= 11 is 0. The Morgan fingerprint density at radius 2 is 2.22 bits per heavy atom. The van der Waals surface area contributed by atoms with Crippen molar-refractivity contribution in [2.24, 2.45) is 0 Å². The molecule has 1 aromatic rings. The minimum absolute atomic E-state index is 0.0367. The number of ether oxygens (including phenoxy) is 2. The van der Waals surface area contributed by atoms with Crippen LogP contribution < -0.4 is 4.74 Å². The lowest BCUT2D eigenvalue weighted by Crippen LogP contribution is -2.02. The Hall–Kier alpha value is -1.81. The number of carbonyl (C=O) groups is 1. The van der Waals surface area contributed by atoms with Gasteiger partial charge in [0.25, 0.3) is 0 Å². The van der Waals surface area contributed by atoms with Crippen molar-refractivity contribution in [1.82, 2.24) is 0 Å². The molecule has 4 nitrogen and oxygen atoms in total. The predicted octanol–water partition coefficient (Wildman–Crippen LogP) is 2.37. The van der Waals surface area contributed by atoms with Gasteiger partial charge in [-0.3, -0.25) is 0 Å². The summed E-state index contributed by atoms with van der Waals surface area (Å²) in [6.45, 7) is 2.27. The molecule has 1 aromatic carbocycles. The van der Waals surface area contributed by atoms with Crippen molar-refractivity contribution in [3.63, 3.8) is 0 Å². The lowest BCUT2D eigenvalue weighted by molar-refractivity contribution is 0.0715. The van der Waals surface area contributed by atoms with Crippen LogP contribution in [0.15, 0.2) is 24.3 Å². The molecule has 1 heterocycles. The molecule has 0 saturated carbocycles. The number of aliphatic hydroxyl groups is 1. The van der Waals surface area contributed by atoms with Gasteiger partial charge in [0.05, 0.1) is 12.2 Å². The number of benzene rings is 1. The number of carbonyl (C=O) groups excluding carboxylic acids is 1. The topological polar surface area (TPSA) is 55.8 Å². The number of allylic oxidation sites excluding steroid dienone is 1. The van der Waals surface area contributed by atoms with Crippen molar-refractivity contribution >= 4 is 11.7 Å². The second-order valence-corrected chi connectivity index (χ2v) is 4.03. The number of hydrogen-bond acceptors (Lipinski definition) is 4. The molecule has 0 amide bonds. The zero-order chi connectivity index (χ0) is 13.0. The molecule has 0 bridgehead atoms. The number of fused-ring (bicyclic) bond motifs is 1. The first-order chi connectivity index (χ1) is 8.76. The maximum atomic E-state index is 11.6. The van der Waals surface area contributed by atoms with Gasteiger partial charge in [-0.15, -0.1) is 0 Å². The van der Waals surface area contributed by atoms with E-state index in [9.17, 15) is 4.79 Å². The van der Waals surface area contributed by atoms with Gasteiger partial charge >= 0.3 is 5.97 Å². The fourth-order valence-corrected chi connectivity index (χ4v) is 1.80. The van der Waals surface area contributed by atoms with Crippen molar-refractivity contribution in [2.75, 3.05) is 13.2 Å². The average Bonchev–Trinajstić information content (AvgIpc) is 2.70. The van der Waals surface area contributed by atoms with E-state index in [2.05, 4.69) is 6.92 Å². The number of rotatable bonds is 5. The Morgan fingerprint density at radius 3 is 2.94 bits per heavy atom. The normalized spacial score (nSPS) is 15.7. The zero-order valence-electron chi connectivity index (χ0n) is 10.3. The molecule has 4 heteroatoms. The highest BCUT2D eigenvalue weighted by molar-refractivity contribution is 6.03. The lowest BCUT2D eigenvalue weighted by atomic mass is 10.1. The molecular weight excluding hydrogens is 232 g/mol. The first-order valence-electron chi connectivity index (χ1n) is 6.06. The van der Waals surface area contributed by atoms with Crippen LogP contribution in [0.4, 0.5) is 0 Å². The Balaban J connectivity index is 2.28. The molecule has 2 rings (SSSR count).